The predicted octanol–water partition coefficient (Wildman–Crippen LogP) is 3.50. The zero-order valence-electron chi connectivity index (χ0n) is 15.4. The zero-order chi connectivity index (χ0) is 18.7. The van der Waals surface area contributed by atoms with Gasteiger partial charge in [0.1, 0.15) is 5.75 Å². The first kappa shape index (κ1) is 17.4. The molecule has 0 saturated heterocycles. The maximum absolute atomic E-state index is 12.1. The van der Waals surface area contributed by atoms with Crippen LogP contribution < -0.4 is 9.80 Å². The summed E-state index contributed by atoms with van der Waals surface area (Å²) in [6, 6.07) is 13.3. The van der Waals surface area contributed by atoms with Gasteiger partial charge in [-0.05, 0) is 29.8 Å². The van der Waals surface area contributed by atoms with Gasteiger partial charge in [0.25, 0.3) is 0 Å². The number of anilines is 1. The van der Waals surface area contributed by atoms with Crippen molar-refractivity contribution in [3.63, 3.8) is 0 Å². The Labute approximate surface area is 154 Å². The molecule has 0 spiro atoms. The Kier molecular flexibility index (Phi) is 3.82. The maximum atomic E-state index is 12.1. The number of benzene rings is 2. The molecule has 6 heteroatoms. The third-order valence-electron chi connectivity index (χ3n) is 5.74. The minimum absolute atomic E-state index is 0.0107. The molecular formula is C20H23NO4S. The second-order valence-corrected chi connectivity index (χ2v) is 9.60. The first-order chi connectivity index (χ1) is 12.2. The summed E-state index contributed by atoms with van der Waals surface area (Å²) in [6.45, 7) is 4.86. The van der Waals surface area contributed by atoms with Crippen LogP contribution in [0.3, 0.4) is 0 Å². The van der Waals surface area contributed by atoms with E-state index in [1.54, 1.807) is 19.2 Å². The molecule has 2 aliphatic rings. The van der Waals surface area contributed by atoms with Gasteiger partial charge in [0, 0.05) is 23.2 Å². The lowest BCUT2D eigenvalue weighted by Gasteiger charge is -2.52. The number of hydroxylamine groups is 1. The summed E-state index contributed by atoms with van der Waals surface area (Å²) in [7, 11) is -1.62. The van der Waals surface area contributed by atoms with Gasteiger partial charge in [0.2, 0.25) is 0 Å². The largest absolute Gasteiger partial charge is 0.493 e. The van der Waals surface area contributed by atoms with Crippen molar-refractivity contribution >= 4 is 15.5 Å². The van der Waals surface area contributed by atoms with E-state index < -0.39 is 9.84 Å². The topological polar surface area (TPSA) is 55.8 Å². The van der Waals surface area contributed by atoms with E-state index >= 15 is 0 Å². The third-order valence-corrected chi connectivity index (χ3v) is 6.85. The van der Waals surface area contributed by atoms with E-state index in [1.807, 2.05) is 29.3 Å². The third kappa shape index (κ3) is 2.43. The molecule has 0 saturated carbocycles. The maximum Gasteiger partial charge on any atom is 0.175 e. The summed E-state index contributed by atoms with van der Waals surface area (Å²) in [4.78, 5) is 6.12. The van der Waals surface area contributed by atoms with Crippen molar-refractivity contribution in [1.82, 2.24) is 0 Å². The molecule has 5 nitrogen and oxygen atoms in total. The van der Waals surface area contributed by atoms with Crippen LogP contribution in [0.2, 0.25) is 0 Å². The highest BCUT2D eigenvalue weighted by Gasteiger charge is 2.50. The number of hydrogen-bond acceptors (Lipinski definition) is 5. The Hall–Kier alpha value is -2.05. The number of ether oxygens (including phenoxy) is 1. The first-order valence-corrected chi connectivity index (χ1v) is 10.5. The fraction of sp³-hybridized carbons (Fsp3) is 0.400. The zero-order valence-corrected chi connectivity index (χ0v) is 16.2. The van der Waals surface area contributed by atoms with Gasteiger partial charge in [-0.15, -0.1) is 0 Å². The van der Waals surface area contributed by atoms with Gasteiger partial charge in [-0.2, -0.15) is 0 Å². The quantitative estimate of drug-likeness (QED) is 0.806. The highest BCUT2D eigenvalue weighted by Crippen LogP contribution is 2.55. The van der Waals surface area contributed by atoms with Crippen LogP contribution in [0, 0.1) is 5.92 Å². The molecule has 2 aromatic carbocycles. The van der Waals surface area contributed by atoms with Crippen LogP contribution in [0.4, 0.5) is 5.69 Å². The lowest BCUT2D eigenvalue weighted by molar-refractivity contribution is 0.0440. The Balaban J connectivity index is 1.95. The van der Waals surface area contributed by atoms with E-state index in [0.717, 1.165) is 22.6 Å². The van der Waals surface area contributed by atoms with Gasteiger partial charge in [-0.3, -0.25) is 4.84 Å². The highest BCUT2D eigenvalue weighted by atomic mass is 32.2. The SMILES string of the molecule is CON1c2ccc(S(C)(=O)=O)cc2C(C)(C)[C@H]2COc3ccccc3[C@H]21. The number of hydrogen-bond donors (Lipinski definition) is 0. The van der Waals surface area contributed by atoms with Crippen molar-refractivity contribution in [2.45, 2.75) is 30.2 Å². The molecule has 0 radical (unpaired) electrons. The molecule has 2 heterocycles. The van der Waals surface area contributed by atoms with Crippen LogP contribution in [0.1, 0.15) is 31.0 Å². The number of para-hydroxylation sites is 1. The molecule has 4 rings (SSSR count). The molecule has 0 N–H and O–H groups in total. The molecule has 26 heavy (non-hydrogen) atoms. The van der Waals surface area contributed by atoms with Crippen molar-refractivity contribution in [2.24, 2.45) is 5.92 Å². The van der Waals surface area contributed by atoms with Crippen molar-refractivity contribution in [2.75, 3.05) is 25.0 Å². The lowest BCUT2D eigenvalue weighted by atomic mass is 9.65. The number of rotatable bonds is 2. The van der Waals surface area contributed by atoms with Gasteiger partial charge >= 0.3 is 0 Å². The summed E-state index contributed by atoms with van der Waals surface area (Å²) >= 11 is 0. The Morgan fingerprint density at radius 3 is 2.62 bits per heavy atom. The average molecular weight is 373 g/mol. The van der Waals surface area contributed by atoms with Crippen LogP contribution in [0.5, 0.6) is 5.75 Å². The molecule has 0 bridgehead atoms. The molecule has 0 aliphatic carbocycles. The Bertz CT molecular complexity index is 968. The Morgan fingerprint density at radius 2 is 1.92 bits per heavy atom. The fourth-order valence-electron chi connectivity index (χ4n) is 4.25. The number of fused-ring (bicyclic) bond motifs is 4. The normalized spacial score (nSPS) is 23.5. The van der Waals surface area contributed by atoms with Crippen LogP contribution >= 0.6 is 0 Å². The summed E-state index contributed by atoms with van der Waals surface area (Å²) in [5.41, 5.74) is 2.69. The van der Waals surface area contributed by atoms with E-state index in [9.17, 15) is 8.42 Å². The van der Waals surface area contributed by atoms with Crippen molar-refractivity contribution in [1.29, 1.82) is 0 Å². The van der Waals surface area contributed by atoms with E-state index in [4.69, 9.17) is 9.57 Å². The highest BCUT2D eigenvalue weighted by molar-refractivity contribution is 7.90. The molecule has 0 fully saturated rings. The Morgan fingerprint density at radius 1 is 1.19 bits per heavy atom. The standard InChI is InChI=1S/C20H23NO4S/c1-20(2)15-11-13(26(4,22)23)9-10-17(15)21(24-3)19-14-7-5-6-8-18(14)25-12-16(19)20/h5-11,16,19H,12H2,1-4H3/t16-,19+/m0/s1. The smallest absolute Gasteiger partial charge is 0.175 e. The monoisotopic (exact) mass is 373 g/mol. The van der Waals surface area contributed by atoms with Crippen molar-refractivity contribution < 1.29 is 18.0 Å². The summed E-state index contributed by atoms with van der Waals surface area (Å²) in [5.74, 6) is 1.00. The second kappa shape index (κ2) is 5.72. The molecule has 138 valence electrons. The number of sulfone groups is 1. The average Bonchev–Trinajstić information content (AvgIpc) is 2.61. The fourth-order valence-corrected chi connectivity index (χ4v) is 4.90. The van der Waals surface area contributed by atoms with Gasteiger partial charge < -0.3 is 4.74 Å². The van der Waals surface area contributed by atoms with E-state index in [0.29, 0.717) is 11.5 Å². The van der Waals surface area contributed by atoms with E-state index in [1.165, 1.54) is 6.26 Å². The minimum Gasteiger partial charge on any atom is -0.493 e. The lowest BCUT2D eigenvalue weighted by Crippen LogP contribution is -2.51. The molecule has 2 aliphatic heterocycles. The molecule has 2 atom stereocenters. The first-order valence-electron chi connectivity index (χ1n) is 8.65. The van der Waals surface area contributed by atoms with Gasteiger partial charge in [0.05, 0.1) is 30.3 Å². The van der Waals surface area contributed by atoms with Gasteiger partial charge in [0.15, 0.2) is 9.84 Å². The van der Waals surface area contributed by atoms with E-state index in [-0.39, 0.29) is 17.4 Å². The molecule has 0 amide bonds. The van der Waals surface area contributed by atoms with Crippen LogP contribution in [0.15, 0.2) is 47.4 Å². The van der Waals surface area contributed by atoms with E-state index in [2.05, 4.69) is 19.9 Å². The minimum atomic E-state index is -3.28. The molecule has 0 unspecified atom stereocenters. The molecule has 2 aromatic rings. The summed E-state index contributed by atoms with van der Waals surface area (Å²) in [5, 5.41) is 1.90. The van der Waals surface area contributed by atoms with Crippen molar-refractivity contribution in [3.8, 4) is 5.75 Å². The predicted molar refractivity (Wildman–Crippen MR) is 100 cm³/mol. The van der Waals surface area contributed by atoms with Crippen LogP contribution in [0.25, 0.3) is 0 Å². The molecule has 0 aromatic heterocycles. The number of nitrogens with zero attached hydrogens (tertiary/aromatic N) is 1. The van der Waals surface area contributed by atoms with Crippen molar-refractivity contribution in [3.05, 3.63) is 53.6 Å². The molecular weight excluding hydrogens is 350 g/mol. The van der Waals surface area contributed by atoms with Crippen LogP contribution in [-0.4, -0.2) is 28.4 Å². The van der Waals surface area contributed by atoms with Gasteiger partial charge in [-0.1, -0.05) is 32.0 Å². The van der Waals surface area contributed by atoms with Crippen LogP contribution in [-0.2, 0) is 20.1 Å². The summed E-state index contributed by atoms with van der Waals surface area (Å²) < 4.78 is 30.1. The van der Waals surface area contributed by atoms with Gasteiger partial charge in [-0.25, -0.2) is 13.5 Å². The summed E-state index contributed by atoms with van der Waals surface area (Å²) in [6.07, 6.45) is 1.24. The second-order valence-electron chi connectivity index (χ2n) is 7.58.